The number of ether oxygens (including phenoxy) is 2. The number of carbonyl (C=O) groups excluding carboxylic acids is 1. The maximum atomic E-state index is 14.2. The van der Waals surface area contributed by atoms with Gasteiger partial charge in [0.05, 0.1) is 13.2 Å². The van der Waals surface area contributed by atoms with Crippen molar-refractivity contribution < 1.29 is 23.0 Å². The number of nitrogens with zero attached hydrogens (tertiary/aromatic N) is 2. The van der Waals surface area contributed by atoms with E-state index in [1.165, 1.54) is 6.07 Å². The molecule has 7 heteroatoms. The van der Waals surface area contributed by atoms with Crippen LogP contribution < -0.4 is 4.74 Å². The molecule has 5 fully saturated rings. The molecule has 186 valence electrons. The first-order valence-corrected chi connectivity index (χ1v) is 13.2. The molecule has 3 aliphatic heterocycles. The van der Waals surface area contributed by atoms with E-state index >= 15 is 0 Å². The lowest BCUT2D eigenvalue weighted by Crippen LogP contribution is -2.60. The van der Waals surface area contributed by atoms with Crippen LogP contribution >= 0.6 is 0 Å². The molecule has 1 atom stereocenters. The largest absolute Gasteiger partial charge is 0.490 e. The molecule has 1 spiro atoms. The molecular formula is C27H36F2N2O3. The van der Waals surface area contributed by atoms with E-state index in [0.29, 0.717) is 24.8 Å². The monoisotopic (exact) mass is 474 g/mol. The Morgan fingerprint density at radius 3 is 2.47 bits per heavy atom. The van der Waals surface area contributed by atoms with Gasteiger partial charge in [-0.25, -0.2) is 8.78 Å². The van der Waals surface area contributed by atoms with Gasteiger partial charge in [-0.05, 0) is 82.2 Å². The van der Waals surface area contributed by atoms with Crippen molar-refractivity contribution in [1.29, 1.82) is 0 Å². The summed E-state index contributed by atoms with van der Waals surface area (Å²) in [6.45, 7) is 4.94. The van der Waals surface area contributed by atoms with Gasteiger partial charge in [-0.15, -0.1) is 0 Å². The highest BCUT2D eigenvalue weighted by Crippen LogP contribution is 2.51. The Labute approximate surface area is 200 Å². The fourth-order valence-electron chi connectivity index (χ4n) is 6.78. The van der Waals surface area contributed by atoms with E-state index in [-0.39, 0.29) is 23.2 Å². The Kier molecular flexibility index (Phi) is 5.84. The summed E-state index contributed by atoms with van der Waals surface area (Å²) in [5, 5.41) is 0. The first-order valence-electron chi connectivity index (χ1n) is 13.2. The van der Waals surface area contributed by atoms with Crippen molar-refractivity contribution in [3.05, 3.63) is 29.6 Å². The van der Waals surface area contributed by atoms with Crippen molar-refractivity contribution in [2.45, 2.75) is 81.5 Å². The Hall–Kier alpha value is -1.73. The predicted octanol–water partition coefficient (Wildman–Crippen LogP) is 4.45. The Bertz CT molecular complexity index is 916. The molecule has 1 aromatic carbocycles. The quantitative estimate of drug-likeness (QED) is 0.633. The minimum absolute atomic E-state index is 0.147. The van der Waals surface area contributed by atoms with E-state index in [1.54, 1.807) is 17.0 Å². The summed E-state index contributed by atoms with van der Waals surface area (Å²) in [6, 6.07) is 5.53. The SMILES string of the molecule is O=C(N1CC2(CC[C@H](N3CCC(c4cc(F)ccc4OC4CCOCC4)CC3)C2)C1)C1(F)CC1. The van der Waals surface area contributed by atoms with Crippen LogP contribution in [0.3, 0.4) is 0 Å². The molecule has 6 rings (SSSR count). The van der Waals surface area contributed by atoms with Crippen molar-refractivity contribution in [2.75, 3.05) is 39.4 Å². The molecule has 0 aromatic heterocycles. The fourth-order valence-corrected chi connectivity index (χ4v) is 6.78. The number of likely N-dealkylation sites (tertiary alicyclic amines) is 2. The zero-order chi connectivity index (χ0) is 23.3. The molecule has 2 aliphatic carbocycles. The van der Waals surface area contributed by atoms with Gasteiger partial charge in [0.15, 0.2) is 5.67 Å². The van der Waals surface area contributed by atoms with Crippen LogP contribution in [0.15, 0.2) is 18.2 Å². The summed E-state index contributed by atoms with van der Waals surface area (Å²) in [5.41, 5.74) is -0.316. The molecule has 0 N–H and O–H groups in total. The lowest BCUT2D eigenvalue weighted by Gasteiger charge is -2.49. The number of hydrogen-bond acceptors (Lipinski definition) is 4. The Morgan fingerprint density at radius 1 is 1.03 bits per heavy atom. The fraction of sp³-hybridized carbons (Fsp3) is 0.741. The normalized spacial score (nSPS) is 29.2. The van der Waals surface area contributed by atoms with Crippen molar-refractivity contribution in [2.24, 2.45) is 5.41 Å². The minimum atomic E-state index is -1.54. The maximum absolute atomic E-state index is 14.2. The zero-order valence-electron chi connectivity index (χ0n) is 19.9. The van der Waals surface area contributed by atoms with Crippen LogP contribution in [0.25, 0.3) is 0 Å². The number of halogens is 2. The third-order valence-corrected chi connectivity index (χ3v) is 9.01. The second-order valence-corrected chi connectivity index (χ2v) is 11.4. The van der Waals surface area contributed by atoms with Gasteiger partial charge < -0.3 is 19.3 Å². The lowest BCUT2D eigenvalue weighted by molar-refractivity contribution is -0.150. The van der Waals surface area contributed by atoms with Crippen LogP contribution in [-0.4, -0.2) is 72.9 Å². The topological polar surface area (TPSA) is 42.0 Å². The van der Waals surface area contributed by atoms with Crippen molar-refractivity contribution in [3.63, 3.8) is 0 Å². The number of piperidine rings is 1. The molecule has 5 nitrogen and oxygen atoms in total. The Morgan fingerprint density at radius 2 is 1.76 bits per heavy atom. The smallest absolute Gasteiger partial charge is 0.260 e. The van der Waals surface area contributed by atoms with Gasteiger partial charge in [0.25, 0.3) is 5.91 Å². The van der Waals surface area contributed by atoms with Gasteiger partial charge in [-0.3, -0.25) is 4.79 Å². The molecule has 0 bridgehead atoms. The molecule has 34 heavy (non-hydrogen) atoms. The van der Waals surface area contributed by atoms with Crippen LogP contribution in [0.4, 0.5) is 8.78 Å². The average molecular weight is 475 g/mol. The second-order valence-electron chi connectivity index (χ2n) is 11.4. The van der Waals surface area contributed by atoms with Gasteiger partial charge in [0.1, 0.15) is 17.7 Å². The van der Waals surface area contributed by atoms with Gasteiger partial charge in [0, 0.05) is 43.0 Å². The van der Waals surface area contributed by atoms with Crippen LogP contribution in [0.5, 0.6) is 5.75 Å². The molecular weight excluding hydrogens is 438 g/mol. The van der Waals surface area contributed by atoms with E-state index in [9.17, 15) is 13.6 Å². The highest BCUT2D eigenvalue weighted by molar-refractivity contribution is 5.88. The molecule has 1 aromatic rings. The third-order valence-electron chi connectivity index (χ3n) is 9.01. The third kappa shape index (κ3) is 4.34. The van der Waals surface area contributed by atoms with Crippen LogP contribution in [0.1, 0.15) is 69.3 Å². The van der Waals surface area contributed by atoms with E-state index in [0.717, 1.165) is 95.7 Å². The molecule has 5 aliphatic rings. The zero-order valence-corrected chi connectivity index (χ0v) is 19.9. The van der Waals surface area contributed by atoms with Crippen molar-refractivity contribution in [1.82, 2.24) is 9.80 Å². The number of rotatable bonds is 5. The minimum Gasteiger partial charge on any atom is -0.490 e. The Balaban J connectivity index is 1.03. The van der Waals surface area contributed by atoms with Crippen LogP contribution in [-0.2, 0) is 9.53 Å². The number of amides is 1. The second kappa shape index (κ2) is 8.74. The summed E-state index contributed by atoms with van der Waals surface area (Å²) < 4.78 is 40.0. The number of hydrogen-bond donors (Lipinski definition) is 0. The summed E-state index contributed by atoms with van der Waals surface area (Å²) in [4.78, 5) is 16.6. The highest BCUT2D eigenvalue weighted by atomic mass is 19.1. The number of benzene rings is 1. The number of carbonyl (C=O) groups is 1. The lowest BCUT2D eigenvalue weighted by atomic mass is 9.77. The highest BCUT2D eigenvalue weighted by Gasteiger charge is 2.58. The van der Waals surface area contributed by atoms with Gasteiger partial charge in [-0.2, -0.15) is 0 Å². The average Bonchev–Trinajstić information content (AvgIpc) is 3.43. The maximum Gasteiger partial charge on any atom is 0.260 e. The molecule has 3 heterocycles. The van der Waals surface area contributed by atoms with Gasteiger partial charge in [0.2, 0.25) is 0 Å². The van der Waals surface area contributed by atoms with E-state index < -0.39 is 5.67 Å². The first-order chi connectivity index (χ1) is 16.4. The molecule has 1 amide bonds. The van der Waals surface area contributed by atoms with Gasteiger partial charge in [-0.1, -0.05) is 0 Å². The molecule has 3 saturated heterocycles. The van der Waals surface area contributed by atoms with Crippen LogP contribution in [0.2, 0.25) is 0 Å². The summed E-state index contributed by atoms with van der Waals surface area (Å²) >= 11 is 0. The summed E-state index contributed by atoms with van der Waals surface area (Å²) in [5.74, 6) is 0.691. The van der Waals surface area contributed by atoms with E-state index in [1.807, 2.05) is 0 Å². The number of alkyl halides is 1. The standard InChI is InChI=1S/C27H36F2N2O3/c28-20-1-2-24(34-22-6-13-33-14-7-22)23(15-20)19-4-11-30(12-5-19)21-3-8-26(16-21)17-31(18-26)25(32)27(29)9-10-27/h1-2,15,19,21-22H,3-14,16-18H2/t21-/m0/s1. The van der Waals surface area contributed by atoms with E-state index in [4.69, 9.17) is 9.47 Å². The predicted molar refractivity (Wildman–Crippen MR) is 124 cm³/mol. The van der Waals surface area contributed by atoms with E-state index in [2.05, 4.69) is 4.90 Å². The molecule has 0 unspecified atom stereocenters. The first kappa shape index (κ1) is 22.7. The van der Waals surface area contributed by atoms with Crippen molar-refractivity contribution in [3.8, 4) is 5.75 Å². The summed E-state index contributed by atoms with van der Waals surface area (Å²) in [6.07, 6.45) is 8.13. The van der Waals surface area contributed by atoms with Crippen molar-refractivity contribution >= 4 is 5.91 Å². The van der Waals surface area contributed by atoms with Crippen LogP contribution in [0, 0.1) is 11.2 Å². The van der Waals surface area contributed by atoms with Gasteiger partial charge >= 0.3 is 0 Å². The summed E-state index contributed by atoms with van der Waals surface area (Å²) in [7, 11) is 0. The molecule has 0 radical (unpaired) electrons. The molecule has 2 saturated carbocycles.